The van der Waals surface area contributed by atoms with Gasteiger partial charge in [-0.1, -0.05) is 19.1 Å². The van der Waals surface area contributed by atoms with Crippen LogP contribution in [0, 0.1) is 5.92 Å². The summed E-state index contributed by atoms with van der Waals surface area (Å²) in [6.07, 6.45) is 9.78. The van der Waals surface area contributed by atoms with Crippen LogP contribution in [0.5, 0.6) is 11.5 Å². The minimum Gasteiger partial charge on any atom is -0.493 e. The van der Waals surface area contributed by atoms with Crippen LogP contribution in [0.1, 0.15) is 67.1 Å². The summed E-state index contributed by atoms with van der Waals surface area (Å²) in [5.41, 5.74) is 3.44. The highest BCUT2D eigenvalue weighted by Gasteiger charge is 2.31. The molecule has 1 N–H and O–H groups in total. The average molecular weight is 531 g/mol. The van der Waals surface area contributed by atoms with Crippen molar-refractivity contribution in [2.24, 2.45) is 11.0 Å². The molecule has 9 heteroatoms. The van der Waals surface area contributed by atoms with Gasteiger partial charge in [-0.3, -0.25) is 9.80 Å². The Kier molecular flexibility index (Phi) is 8.24. The first-order valence-electron chi connectivity index (χ1n) is 13.5. The lowest BCUT2D eigenvalue weighted by atomic mass is 9.87. The molecule has 1 unspecified atom stereocenters. The van der Waals surface area contributed by atoms with Gasteiger partial charge in [0, 0.05) is 17.2 Å². The zero-order chi connectivity index (χ0) is 27.2. The molecule has 1 aliphatic heterocycles. The third-order valence-corrected chi connectivity index (χ3v) is 7.42. The van der Waals surface area contributed by atoms with Gasteiger partial charge in [-0.2, -0.15) is 5.10 Å². The average Bonchev–Trinajstić information content (AvgIpc) is 3.68. The van der Waals surface area contributed by atoms with Crippen molar-refractivity contribution in [1.29, 1.82) is 0 Å². The van der Waals surface area contributed by atoms with Crippen molar-refractivity contribution in [3.8, 4) is 11.5 Å². The Morgan fingerprint density at radius 1 is 1.18 bits per heavy atom. The van der Waals surface area contributed by atoms with Gasteiger partial charge >= 0.3 is 0 Å². The van der Waals surface area contributed by atoms with Crippen molar-refractivity contribution in [2.75, 3.05) is 12.4 Å². The zero-order valence-corrected chi connectivity index (χ0v) is 22.3. The van der Waals surface area contributed by atoms with Gasteiger partial charge in [0.05, 0.1) is 31.7 Å². The topological polar surface area (TPSA) is 106 Å². The van der Waals surface area contributed by atoms with E-state index in [1.807, 2.05) is 41.4 Å². The van der Waals surface area contributed by atoms with E-state index in [1.165, 1.54) is 25.4 Å². The second-order valence-corrected chi connectivity index (χ2v) is 10.0. The number of nitrogens with zero attached hydrogens (tertiary/aromatic N) is 3. The third kappa shape index (κ3) is 6.13. The summed E-state index contributed by atoms with van der Waals surface area (Å²) < 4.78 is 17.0. The number of hydrazone groups is 1. The molecule has 2 aromatic carbocycles. The van der Waals surface area contributed by atoms with Crippen molar-refractivity contribution in [3.63, 3.8) is 0 Å². The number of oxazole rings is 1. The molecule has 0 saturated heterocycles. The molecule has 1 aliphatic carbocycles. The molecule has 0 spiro atoms. The lowest BCUT2D eigenvalue weighted by Crippen LogP contribution is -2.41. The highest BCUT2D eigenvalue weighted by Crippen LogP contribution is 2.35. The van der Waals surface area contributed by atoms with Crippen LogP contribution in [0.15, 0.2) is 64.6 Å². The van der Waals surface area contributed by atoms with Crippen molar-refractivity contribution >= 4 is 23.6 Å². The minimum atomic E-state index is -0.380. The van der Waals surface area contributed by atoms with E-state index >= 15 is 0 Å². The largest absolute Gasteiger partial charge is 0.493 e. The van der Waals surface area contributed by atoms with Gasteiger partial charge in [0.1, 0.15) is 12.3 Å². The fraction of sp³-hybridized carbons (Fsp3) is 0.400. The third-order valence-electron chi connectivity index (χ3n) is 7.42. The van der Waals surface area contributed by atoms with Crippen LogP contribution in [0.25, 0.3) is 0 Å². The van der Waals surface area contributed by atoms with Crippen LogP contribution in [-0.4, -0.2) is 47.2 Å². The Morgan fingerprint density at radius 3 is 2.74 bits per heavy atom. The first-order valence-corrected chi connectivity index (χ1v) is 13.5. The molecule has 1 aromatic heterocycles. The smallest absolute Gasteiger partial charge is 0.293 e. The summed E-state index contributed by atoms with van der Waals surface area (Å²) in [6, 6.07) is 13.1. The van der Waals surface area contributed by atoms with Crippen LogP contribution >= 0.6 is 0 Å². The molecular weight excluding hydrogens is 496 g/mol. The van der Waals surface area contributed by atoms with Gasteiger partial charge < -0.3 is 24.0 Å². The molecule has 1 fully saturated rings. The Labute approximate surface area is 228 Å². The fourth-order valence-electron chi connectivity index (χ4n) is 5.32. The standard InChI is InChI=1S/C30H34N4O5/c1-3-21-14-24(18-35)34(17-20-7-6-8-23(13-20)32-30(36)28-16-31-19-38-28)33-29(21)22-11-12-26(37-2)27(15-22)39-25-9-4-5-10-25/h6-8,11-13,15-16,18-19,21,24-25H,3-5,9-10,14,17H2,1-2H3,(H,32,36)/t21-,24?/m1/s1. The van der Waals surface area contributed by atoms with E-state index in [0.717, 1.165) is 48.1 Å². The van der Waals surface area contributed by atoms with Crippen molar-refractivity contribution in [1.82, 2.24) is 9.99 Å². The molecule has 1 amide bonds. The molecule has 0 radical (unpaired) electrons. The van der Waals surface area contributed by atoms with Crippen LogP contribution in [0.2, 0.25) is 0 Å². The SMILES string of the molecule is CC[C@@H]1CC(C=O)N(Cc2cccc(NC(=O)c3cnco3)c2)N=C1c1ccc(OC)c(OC2CCCC2)c1. The van der Waals surface area contributed by atoms with E-state index in [9.17, 15) is 9.59 Å². The predicted octanol–water partition coefficient (Wildman–Crippen LogP) is 5.46. The van der Waals surface area contributed by atoms with Gasteiger partial charge in [-0.15, -0.1) is 0 Å². The van der Waals surface area contributed by atoms with Crippen LogP contribution in [0.4, 0.5) is 5.69 Å². The van der Waals surface area contributed by atoms with E-state index in [2.05, 4.69) is 17.2 Å². The molecule has 2 heterocycles. The number of anilines is 1. The first-order chi connectivity index (χ1) is 19.1. The monoisotopic (exact) mass is 530 g/mol. The number of hydrogen-bond acceptors (Lipinski definition) is 8. The molecule has 0 bridgehead atoms. The molecule has 9 nitrogen and oxygen atoms in total. The molecule has 1 saturated carbocycles. The molecule has 204 valence electrons. The zero-order valence-electron chi connectivity index (χ0n) is 22.3. The molecule has 5 rings (SSSR count). The Morgan fingerprint density at radius 2 is 2.03 bits per heavy atom. The van der Waals surface area contributed by atoms with Gasteiger partial charge in [0.2, 0.25) is 5.76 Å². The Balaban J connectivity index is 1.40. The Hall–Kier alpha value is -4.14. The summed E-state index contributed by atoms with van der Waals surface area (Å²) in [7, 11) is 1.65. The van der Waals surface area contributed by atoms with Crippen LogP contribution < -0.4 is 14.8 Å². The molecule has 3 aromatic rings. The van der Waals surface area contributed by atoms with E-state index in [1.54, 1.807) is 13.2 Å². The molecule has 39 heavy (non-hydrogen) atoms. The summed E-state index contributed by atoms with van der Waals surface area (Å²) >= 11 is 0. The molecular formula is C30H34N4O5. The summed E-state index contributed by atoms with van der Waals surface area (Å²) in [5.74, 6) is 1.33. The maximum absolute atomic E-state index is 12.4. The van der Waals surface area contributed by atoms with Gasteiger partial charge in [0.15, 0.2) is 17.9 Å². The maximum atomic E-state index is 12.4. The van der Waals surface area contributed by atoms with Gasteiger partial charge in [0.25, 0.3) is 5.91 Å². The molecule has 2 aliphatic rings. The highest BCUT2D eigenvalue weighted by molar-refractivity contribution is 6.03. The maximum Gasteiger partial charge on any atom is 0.293 e. The number of hydrogen-bond donors (Lipinski definition) is 1. The predicted molar refractivity (Wildman–Crippen MR) is 147 cm³/mol. The van der Waals surface area contributed by atoms with Crippen molar-refractivity contribution in [2.45, 2.75) is 64.1 Å². The van der Waals surface area contributed by atoms with Crippen molar-refractivity contribution < 1.29 is 23.5 Å². The number of rotatable bonds is 10. The number of carbonyl (C=O) groups is 2. The summed E-state index contributed by atoms with van der Waals surface area (Å²) in [4.78, 5) is 28.3. The van der Waals surface area contributed by atoms with Crippen molar-refractivity contribution in [3.05, 3.63) is 71.9 Å². The lowest BCUT2D eigenvalue weighted by Gasteiger charge is -2.35. The fourth-order valence-corrected chi connectivity index (χ4v) is 5.32. The highest BCUT2D eigenvalue weighted by atomic mass is 16.5. The Bertz CT molecular complexity index is 1320. The summed E-state index contributed by atoms with van der Waals surface area (Å²) in [6.45, 7) is 2.54. The number of nitrogens with one attached hydrogen (secondary N) is 1. The first kappa shape index (κ1) is 26.5. The van der Waals surface area contributed by atoms with Crippen LogP contribution in [0.3, 0.4) is 0 Å². The number of ether oxygens (including phenoxy) is 2. The normalized spacial score (nSPS) is 19.4. The quantitative estimate of drug-likeness (QED) is 0.347. The van der Waals surface area contributed by atoms with Crippen LogP contribution in [-0.2, 0) is 11.3 Å². The second-order valence-electron chi connectivity index (χ2n) is 10.0. The molecule has 2 atom stereocenters. The second kappa shape index (κ2) is 12.1. The van der Waals surface area contributed by atoms with E-state index in [0.29, 0.717) is 24.4 Å². The lowest BCUT2D eigenvalue weighted by molar-refractivity contribution is -0.113. The number of methoxy groups -OCH3 is 1. The minimum absolute atomic E-state index is 0.132. The number of amides is 1. The number of benzene rings is 2. The van der Waals surface area contributed by atoms with Gasteiger partial charge in [-0.05, 0) is 74.4 Å². The number of carbonyl (C=O) groups excluding carboxylic acids is 2. The van der Waals surface area contributed by atoms with Gasteiger partial charge in [-0.25, -0.2) is 4.98 Å². The van der Waals surface area contributed by atoms with E-state index in [-0.39, 0.29) is 29.7 Å². The van der Waals surface area contributed by atoms with E-state index in [4.69, 9.17) is 19.0 Å². The van der Waals surface area contributed by atoms with E-state index < -0.39 is 0 Å². The number of aromatic nitrogens is 1. The number of aldehydes is 1. The summed E-state index contributed by atoms with van der Waals surface area (Å²) in [5, 5.41) is 9.69.